The van der Waals surface area contributed by atoms with Crippen molar-refractivity contribution in [1.29, 1.82) is 0 Å². The number of nitrogens with one attached hydrogen (secondary N) is 1. The van der Waals surface area contributed by atoms with E-state index in [0.29, 0.717) is 17.5 Å². The fourth-order valence-corrected chi connectivity index (χ4v) is 2.55. The molecule has 1 aliphatic heterocycles. The molecule has 0 aromatic heterocycles. The third-order valence-electron chi connectivity index (χ3n) is 3.88. The molecule has 0 spiro atoms. The zero-order chi connectivity index (χ0) is 14.5. The first-order valence-electron chi connectivity index (χ1n) is 7.23. The number of benzene rings is 1. The van der Waals surface area contributed by atoms with Gasteiger partial charge in [-0.15, -0.1) is 0 Å². The van der Waals surface area contributed by atoms with Crippen molar-refractivity contribution in [1.82, 2.24) is 10.2 Å². The number of ether oxygens (including phenoxy) is 1. The van der Waals surface area contributed by atoms with E-state index in [9.17, 15) is 4.79 Å². The third kappa shape index (κ3) is 3.81. The second-order valence-corrected chi connectivity index (χ2v) is 5.73. The highest BCUT2D eigenvalue weighted by Crippen LogP contribution is 2.13. The summed E-state index contributed by atoms with van der Waals surface area (Å²) in [6, 6.07) is 8.27. The molecule has 1 atom stereocenters. The summed E-state index contributed by atoms with van der Waals surface area (Å²) in [4.78, 5) is 13.9. The van der Waals surface area contributed by atoms with Crippen LogP contribution in [0.2, 0.25) is 0 Å². The minimum absolute atomic E-state index is 0.279. The Morgan fingerprint density at radius 1 is 1.40 bits per heavy atom. The van der Waals surface area contributed by atoms with Crippen molar-refractivity contribution in [3.63, 3.8) is 0 Å². The zero-order valence-corrected chi connectivity index (χ0v) is 12.6. The van der Waals surface area contributed by atoms with Crippen molar-refractivity contribution in [2.75, 3.05) is 26.7 Å². The van der Waals surface area contributed by atoms with E-state index in [1.807, 2.05) is 24.3 Å². The van der Waals surface area contributed by atoms with Crippen LogP contribution in [0.25, 0.3) is 0 Å². The summed E-state index contributed by atoms with van der Waals surface area (Å²) in [5, 5.41) is 3.56. The highest BCUT2D eigenvalue weighted by atomic mass is 16.5. The standard InChI is InChI=1S/C16H24N2O2/c1-12(2)15-11-18(9-8-17-15)10-13-4-6-14(7-5-13)16(19)20-3/h4-7,12,15,17H,8-11H2,1-3H3/t15-/m0/s1. The van der Waals surface area contributed by atoms with Crippen LogP contribution in [0.1, 0.15) is 29.8 Å². The van der Waals surface area contributed by atoms with Crippen LogP contribution >= 0.6 is 0 Å². The van der Waals surface area contributed by atoms with Crippen LogP contribution in [0.4, 0.5) is 0 Å². The Kier molecular flexibility index (Phi) is 5.15. The predicted molar refractivity (Wildman–Crippen MR) is 79.7 cm³/mol. The lowest BCUT2D eigenvalue weighted by atomic mass is 10.0. The summed E-state index contributed by atoms with van der Waals surface area (Å²) >= 11 is 0. The predicted octanol–water partition coefficient (Wildman–Crippen LogP) is 1.90. The number of methoxy groups -OCH3 is 1. The summed E-state index contributed by atoms with van der Waals surface area (Å²) in [6.45, 7) is 8.65. The van der Waals surface area contributed by atoms with Crippen LogP contribution in [-0.2, 0) is 11.3 Å². The summed E-state index contributed by atoms with van der Waals surface area (Å²) in [5.41, 5.74) is 1.85. The van der Waals surface area contributed by atoms with Crippen molar-refractivity contribution in [3.8, 4) is 0 Å². The molecule has 4 heteroatoms. The highest BCUT2D eigenvalue weighted by molar-refractivity contribution is 5.89. The van der Waals surface area contributed by atoms with Crippen LogP contribution in [-0.4, -0.2) is 43.7 Å². The first-order chi connectivity index (χ1) is 9.60. The molecule has 1 N–H and O–H groups in total. The molecule has 1 fully saturated rings. The van der Waals surface area contributed by atoms with Crippen LogP contribution in [0.15, 0.2) is 24.3 Å². The minimum atomic E-state index is -0.279. The summed E-state index contributed by atoms with van der Waals surface area (Å²) in [6.07, 6.45) is 0. The van der Waals surface area contributed by atoms with E-state index in [1.54, 1.807) is 0 Å². The molecule has 110 valence electrons. The number of nitrogens with zero attached hydrogens (tertiary/aromatic N) is 1. The number of carbonyl (C=O) groups is 1. The molecule has 1 heterocycles. The first kappa shape index (κ1) is 15.0. The molecule has 0 bridgehead atoms. The summed E-state index contributed by atoms with van der Waals surface area (Å²) < 4.78 is 4.71. The number of carbonyl (C=O) groups excluding carboxylic acids is 1. The average molecular weight is 276 g/mol. The van der Waals surface area contributed by atoms with Crippen molar-refractivity contribution in [2.45, 2.75) is 26.4 Å². The summed E-state index contributed by atoms with van der Waals surface area (Å²) in [5.74, 6) is 0.373. The molecule has 1 aromatic carbocycles. The van der Waals surface area contributed by atoms with Gasteiger partial charge in [-0.3, -0.25) is 4.90 Å². The van der Waals surface area contributed by atoms with Gasteiger partial charge in [-0.1, -0.05) is 26.0 Å². The highest BCUT2D eigenvalue weighted by Gasteiger charge is 2.21. The Labute approximate surface area is 121 Å². The molecule has 1 aromatic rings. The van der Waals surface area contributed by atoms with Gasteiger partial charge in [-0.2, -0.15) is 0 Å². The smallest absolute Gasteiger partial charge is 0.337 e. The lowest BCUT2D eigenvalue weighted by molar-refractivity contribution is 0.0600. The third-order valence-corrected chi connectivity index (χ3v) is 3.88. The lowest BCUT2D eigenvalue weighted by Crippen LogP contribution is -2.52. The molecule has 1 aliphatic rings. The second-order valence-electron chi connectivity index (χ2n) is 5.73. The number of rotatable bonds is 4. The van der Waals surface area contributed by atoms with Crippen LogP contribution in [0.5, 0.6) is 0 Å². The molecule has 2 rings (SSSR count). The maximum absolute atomic E-state index is 11.4. The molecular weight excluding hydrogens is 252 g/mol. The topological polar surface area (TPSA) is 41.6 Å². The van der Waals surface area contributed by atoms with Crippen molar-refractivity contribution < 1.29 is 9.53 Å². The van der Waals surface area contributed by atoms with E-state index in [4.69, 9.17) is 4.74 Å². The molecule has 1 saturated heterocycles. The molecular formula is C16H24N2O2. The molecule has 4 nitrogen and oxygen atoms in total. The van der Waals surface area contributed by atoms with Crippen LogP contribution in [0.3, 0.4) is 0 Å². The Morgan fingerprint density at radius 3 is 2.70 bits per heavy atom. The molecule has 0 saturated carbocycles. The quantitative estimate of drug-likeness (QED) is 0.853. The van der Waals surface area contributed by atoms with Crippen molar-refractivity contribution in [3.05, 3.63) is 35.4 Å². The Morgan fingerprint density at radius 2 is 2.10 bits per heavy atom. The molecule has 0 radical (unpaired) electrons. The fraction of sp³-hybridized carbons (Fsp3) is 0.562. The van der Waals surface area contributed by atoms with Gasteiger partial charge in [0, 0.05) is 32.2 Å². The SMILES string of the molecule is COC(=O)c1ccc(CN2CCN[C@H](C(C)C)C2)cc1. The van der Waals surface area contributed by atoms with Gasteiger partial charge < -0.3 is 10.1 Å². The van der Waals surface area contributed by atoms with Crippen LogP contribution in [0, 0.1) is 5.92 Å². The van der Waals surface area contributed by atoms with Gasteiger partial charge in [0.05, 0.1) is 12.7 Å². The maximum atomic E-state index is 11.4. The second kappa shape index (κ2) is 6.86. The zero-order valence-electron chi connectivity index (χ0n) is 12.6. The number of esters is 1. The van der Waals surface area contributed by atoms with Gasteiger partial charge in [0.1, 0.15) is 0 Å². The Hall–Kier alpha value is -1.39. The number of hydrogen-bond acceptors (Lipinski definition) is 4. The Balaban J connectivity index is 1.94. The van der Waals surface area contributed by atoms with Crippen LogP contribution < -0.4 is 5.32 Å². The average Bonchev–Trinajstić information content (AvgIpc) is 2.47. The van der Waals surface area contributed by atoms with Crippen molar-refractivity contribution in [2.24, 2.45) is 5.92 Å². The van der Waals surface area contributed by atoms with Gasteiger partial charge in [0.15, 0.2) is 0 Å². The van der Waals surface area contributed by atoms with E-state index < -0.39 is 0 Å². The van der Waals surface area contributed by atoms with Gasteiger partial charge in [-0.05, 0) is 23.6 Å². The number of piperazine rings is 1. The van der Waals surface area contributed by atoms with Gasteiger partial charge in [0.2, 0.25) is 0 Å². The van der Waals surface area contributed by atoms with Gasteiger partial charge in [-0.25, -0.2) is 4.79 Å². The molecule has 0 aliphatic carbocycles. The largest absolute Gasteiger partial charge is 0.465 e. The van der Waals surface area contributed by atoms with Gasteiger partial charge in [0.25, 0.3) is 0 Å². The summed E-state index contributed by atoms with van der Waals surface area (Å²) in [7, 11) is 1.41. The normalized spacial score (nSPS) is 20.1. The first-order valence-corrected chi connectivity index (χ1v) is 7.23. The molecule has 20 heavy (non-hydrogen) atoms. The molecule has 0 amide bonds. The van der Waals surface area contributed by atoms with E-state index in [-0.39, 0.29) is 5.97 Å². The molecule has 0 unspecified atom stereocenters. The fourth-order valence-electron chi connectivity index (χ4n) is 2.55. The van der Waals surface area contributed by atoms with Gasteiger partial charge >= 0.3 is 5.97 Å². The Bertz CT molecular complexity index is 442. The minimum Gasteiger partial charge on any atom is -0.465 e. The van der Waals surface area contributed by atoms with E-state index in [0.717, 1.165) is 26.2 Å². The van der Waals surface area contributed by atoms with E-state index in [1.165, 1.54) is 12.7 Å². The maximum Gasteiger partial charge on any atom is 0.337 e. The van der Waals surface area contributed by atoms with E-state index >= 15 is 0 Å². The monoisotopic (exact) mass is 276 g/mol. The number of hydrogen-bond donors (Lipinski definition) is 1. The van der Waals surface area contributed by atoms with E-state index in [2.05, 4.69) is 24.1 Å². The lowest BCUT2D eigenvalue weighted by Gasteiger charge is -2.35. The van der Waals surface area contributed by atoms with Crippen molar-refractivity contribution >= 4 is 5.97 Å².